The van der Waals surface area contributed by atoms with Crippen LogP contribution >= 0.6 is 11.6 Å². The molecule has 0 spiro atoms. The maximum atomic E-state index is 12.1. The monoisotopic (exact) mass is 322 g/mol. The number of hydrogen-bond donors (Lipinski definition) is 1. The quantitative estimate of drug-likeness (QED) is 0.525. The van der Waals surface area contributed by atoms with Crippen molar-refractivity contribution in [3.63, 3.8) is 0 Å². The zero-order valence-electron chi connectivity index (χ0n) is 12.3. The summed E-state index contributed by atoms with van der Waals surface area (Å²) in [7, 11) is 1.24. The molecule has 0 aromatic heterocycles. The third kappa shape index (κ3) is 2.82. The number of dihydropyridines is 1. The molecule has 7 heteroatoms. The smallest absolute Gasteiger partial charge is 0.336 e. The van der Waals surface area contributed by atoms with Crippen molar-refractivity contribution in [2.75, 3.05) is 7.11 Å². The summed E-state index contributed by atoms with van der Waals surface area (Å²) < 4.78 is 4.79. The summed E-state index contributed by atoms with van der Waals surface area (Å²) >= 11 is 5.99. The van der Waals surface area contributed by atoms with E-state index >= 15 is 0 Å². The van der Waals surface area contributed by atoms with Crippen molar-refractivity contribution in [3.8, 4) is 0 Å². The Hall–Kier alpha value is -2.34. The normalized spacial score (nSPS) is 18.1. The topological polar surface area (TPSA) is 81.5 Å². The SMILES string of the molecule is COC(=O)C1=C(C)NC(C)=C([N+](=O)[O-])C1c1cccc(Cl)c1. The minimum Gasteiger partial charge on any atom is -0.466 e. The van der Waals surface area contributed by atoms with E-state index in [2.05, 4.69) is 5.32 Å². The molecule has 1 aliphatic heterocycles. The average molecular weight is 323 g/mol. The summed E-state index contributed by atoms with van der Waals surface area (Å²) in [5.74, 6) is -1.44. The molecule has 1 N–H and O–H groups in total. The standard InChI is InChI=1S/C15H15ClN2O4/c1-8-12(15(19)22-3)13(10-5-4-6-11(16)7-10)14(18(20)21)9(2)17-8/h4-7,13,17H,1-3H3. The third-order valence-electron chi connectivity index (χ3n) is 3.51. The van der Waals surface area contributed by atoms with Gasteiger partial charge in [0, 0.05) is 10.7 Å². The van der Waals surface area contributed by atoms with Crippen molar-refractivity contribution in [1.82, 2.24) is 5.32 Å². The van der Waals surface area contributed by atoms with Gasteiger partial charge >= 0.3 is 5.97 Å². The molecular formula is C15H15ClN2O4. The molecule has 1 atom stereocenters. The second kappa shape index (κ2) is 6.19. The number of benzene rings is 1. The van der Waals surface area contributed by atoms with Crippen LogP contribution in [0.15, 0.2) is 46.9 Å². The third-order valence-corrected chi connectivity index (χ3v) is 3.74. The highest BCUT2D eigenvalue weighted by Crippen LogP contribution is 2.39. The predicted molar refractivity (Wildman–Crippen MR) is 81.7 cm³/mol. The first-order valence-corrected chi connectivity index (χ1v) is 6.91. The Morgan fingerprint density at radius 2 is 2.05 bits per heavy atom. The summed E-state index contributed by atoms with van der Waals surface area (Å²) in [6, 6.07) is 6.68. The first-order valence-electron chi connectivity index (χ1n) is 6.53. The Balaban J connectivity index is 2.70. The molecule has 0 aliphatic carbocycles. The van der Waals surface area contributed by atoms with Gasteiger partial charge in [-0.25, -0.2) is 4.79 Å². The van der Waals surface area contributed by atoms with Crippen LogP contribution in [-0.2, 0) is 9.53 Å². The van der Waals surface area contributed by atoms with E-state index in [1.807, 2.05) is 0 Å². The van der Waals surface area contributed by atoms with Crippen molar-refractivity contribution in [3.05, 3.63) is 67.6 Å². The number of nitrogens with one attached hydrogen (secondary N) is 1. The van der Waals surface area contributed by atoms with Crippen LogP contribution in [0.1, 0.15) is 25.3 Å². The molecule has 0 amide bonds. The number of esters is 1. The highest BCUT2D eigenvalue weighted by Gasteiger charge is 2.40. The Morgan fingerprint density at radius 3 is 2.59 bits per heavy atom. The van der Waals surface area contributed by atoms with Crippen molar-refractivity contribution in [1.29, 1.82) is 0 Å². The van der Waals surface area contributed by atoms with Gasteiger partial charge in [0.1, 0.15) is 5.92 Å². The minimum atomic E-state index is -0.831. The second-order valence-electron chi connectivity index (χ2n) is 4.91. The molecule has 0 saturated heterocycles. The van der Waals surface area contributed by atoms with Crippen molar-refractivity contribution in [2.24, 2.45) is 0 Å². The van der Waals surface area contributed by atoms with Gasteiger partial charge in [0.05, 0.1) is 23.3 Å². The van der Waals surface area contributed by atoms with Gasteiger partial charge in [-0.3, -0.25) is 10.1 Å². The second-order valence-corrected chi connectivity index (χ2v) is 5.35. The first-order chi connectivity index (χ1) is 10.4. The average Bonchev–Trinajstić information content (AvgIpc) is 2.45. The Kier molecular flexibility index (Phi) is 4.51. The van der Waals surface area contributed by atoms with E-state index < -0.39 is 16.8 Å². The van der Waals surface area contributed by atoms with Crippen molar-refractivity contribution in [2.45, 2.75) is 19.8 Å². The van der Waals surface area contributed by atoms with Crippen LogP contribution in [0.25, 0.3) is 0 Å². The summed E-state index contributed by atoms with van der Waals surface area (Å²) in [4.78, 5) is 23.1. The van der Waals surface area contributed by atoms with Crippen LogP contribution in [0.4, 0.5) is 0 Å². The van der Waals surface area contributed by atoms with Gasteiger partial charge < -0.3 is 10.1 Å². The highest BCUT2D eigenvalue weighted by molar-refractivity contribution is 6.30. The number of methoxy groups -OCH3 is 1. The lowest BCUT2D eigenvalue weighted by molar-refractivity contribution is -0.431. The highest BCUT2D eigenvalue weighted by atomic mass is 35.5. The van der Waals surface area contributed by atoms with Gasteiger partial charge in [-0.05, 0) is 31.5 Å². The molecule has 0 radical (unpaired) electrons. The van der Waals surface area contributed by atoms with Crippen molar-refractivity contribution < 1.29 is 14.5 Å². The summed E-state index contributed by atoms with van der Waals surface area (Å²) in [5.41, 5.74) is 1.61. The fraction of sp³-hybridized carbons (Fsp3) is 0.267. The maximum absolute atomic E-state index is 12.1. The van der Waals surface area contributed by atoms with Crippen LogP contribution < -0.4 is 5.32 Å². The lowest BCUT2D eigenvalue weighted by atomic mass is 9.84. The lowest BCUT2D eigenvalue weighted by Gasteiger charge is -2.26. The number of halogens is 1. The minimum absolute atomic E-state index is 0.0896. The van der Waals surface area contributed by atoms with Gasteiger partial charge in [0.25, 0.3) is 5.70 Å². The largest absolute Gasteiger partial charge is 0.466 e. The fourth-order valence-corrected chi connectivity index (χ4v) is 2.82. The van der Waals surface area contributed by atoms with E-state index in [0.717, 1.165) is 0 Å². The number of hydrogen-bond acceptors (Lipinski definition) is 5. The molecule has 1 aromatic rings. The number of ether oxygens (including phenoxy) is 1. The summed E-state index contributed by atoms with van der Waals surface area (Å²) in [6.45, 7) is 3.29. The van der Waals surface area contributed by atoms with E-state index in [4.69, 9.17) is 16.3 Å². The van der Waals surface area contributed by atoms with Crippen LogP contribution in [0.2, 0.25) is 5.02 Å². The molecule has 1 unspecified atom stereocenters. The molecule has 0 saturated carbocycles. The molecule has 1 aliphatic rings. The predicted octanol–water partition coefficient (Wildman–Crippen LogP) is 2.98. The summed E-state index contributed by atoms with van der Waals surface area (Å²) in [6.07, 6.45) is 0. The van der Waals surface area contributed by atoms with Gasteiger partial charge in [-0.15, -0.1) is 0 Å². The van der Waals surface area contributed by atoms with E-state index in [1.54, 1.807) is 38.1 Å². The van der Waals surface area contributed by atoms with Gasteiger partial charge in [-0.1, -0.05) is 23.7 Å². The molecule has 1 aromatic carbocycles. The van der Waals surface area contributed by atoms with Crippen molar-refractivity contribution >= 4 is 17.6 Å². The number of rotatable bonds is 3. The number of nitro groups is 1. The molecule has 22 heavy (non-hydrogen) atoms. The van der Waals surface area contributed by atoms with Crippen LogP contribution in [0.3, 0.4) is 0 Å². The molecule has 1 heterocycles. The Labute approximate surface area is 132 Å². The fourth-order valence-electron chi connectivity index (χ4n) is 2.62. The Bertz CT molecular complexity index is 709. The zero-order chi connectivity index (χ0) is 16.4. The van der Waals surface area contributed by atoms with Gasteiger partial charge in [0.2, 0.25) is 0 Å². The Morgan fingerprint density at radius 1 is 1.36 bits per heavy atom. The first kappa shape index (κ1) is 16.0. The number of nitrogens with zero attached hydrogens (tertiary/aromatic N) is 1. The van der Waals surface area contributed by atoms with Gasteiger partial charge in [-0.2, -0.15) is 0 Å². The van der Waals surface area contributed by atoms with E-state index in [0.29, 0.717) is 22.0 Å². The molecule has 6 nitrogen and oxygen atoms in total. The summed E-state index contributed by atoms with van der Waals surface area (Å²) in [5, 5.41) is 14.8. The van der Waals surface area contributed by atoms with E-state index in [1.165, 1.54) is 7.11 Å². The number of allylic oxidation sites excluding steroid dienone is 3. The molecule has 0 fully saturated rings. The lowest BCUT2D eigenvalue weighted by Crippen LogP contribution is -2.31. The molecule has 2 rings (SSSR count). The maximum Gasteiger partial charge on any atom is 0.336 e. The zero-order valence-corrected chi connectivity index (χ0v) is 13.1. The van der Waals surface area contributed by atoms with Crippen LogP contribution in [0.5, 0.6) is 0 Å². The number of carbonyl (C=O) groups excluding carboxylic acids is 1. The van der Waals surface area contributed by atoms with E-state index in [9.17, 15) is 14.9 Å². The van der Waals surface area contributed by atoms with Gasteiger partial charge in [0.15, 0.2) is 0 Å². The molecule has 116 valence electrons. The molecular weight excluding hydrogens is 308 g/mol. The van der Waals surface area contributed by atoms with Crippen LogP contribution in [-0.4, -0.2) is 18.0 Å². The molecule has 0 bridgehead atoms. The van der Waals surface area contributed by atoms with E-state index in [-0.39, 0.29) is 11.3 Å². The number of carbonyl (C=O) groups is 1. The van der Waals surface area contributed by atoms with Crippen LogP contribution in [0, 0.1) is 10.1 Å².